The molecule has 43 nitrogen and oxygen atoms in total. The van der Waals surface area contributed by atoms with E-state index < -0.39 is 249 Å². The van der Waals surface area contributed by atoms with E-state index >= 15 is 13.2 Å². The second-order valence-electron chi connectivity index (χ2n) is 25.7. The van der Waals surface area contributed by atoms with Crippen LogP contribution in [0.15, 0.2) is 71.5 Å². The van der Waals surface area contributed by atoms with Crippen LogP contribution in [0.5, 0.6) is 0 Å². The van der Waals surface area contributed by atoms with Gasteiger partial charge in [-0.2, -0.15) is 0 Å². The van der Waals surface area contributed by atoms with E-state index in [1.54, 1.807) is 37.7 Å². The average molecular weight is 1570 g/mol. The average Bonchev–Trinajstić information content (AvgIpc) is 1.49. The van der Waals surface area contributed by atoms with E-state index in [0.29, 0.717) is 24.8 Å². The highest BCUT2D eigenvalue weighted by Crippen LogP contribution is 2.42. The Labute approximate surface area is 614 Å². The topological polar surface area (TPSA) is 686 Å². The number of H-pyrrole nitrogens is 3. The minimum atomic E-state index is -3.91. The van der Waals surface area contributed by atoms with Crippen LogP contribution in [0.3, 0.4) is 0 Å². The number of hydrogen-bond acceptors (Lipinski definition) is 36. The first kappa shape index (κ1) is 80.6. The van der Waals surface area contributed by atoms with Gasteiger partial charge in [-0.25, -0.2) is 31.9 Å². The Kier molecular flexibility index (Phi) is 27.5. The number of carbonyl (C=O) groups excluding carboxylic acids is 5. The lowest BCUT2D eigenvalue weighted by Gasteiger charge is -2.34. The molecule has 20 atom stereocenters. The molecule has 0 bridgehead atoms. The number of nitrogens with one attached hydrogen (secondary N) is 4. The molecule has 4 saturated heterocycles. The Morgan fingerprint density at radius 3 is 1.16 bits per heavy atom. The zero-order valence-corrected chi connectivity index (χ0v) is 58.4. The van der Waals surface area contributed by atoms with Crippen LogP contribution in [0.25, 0.3) is 0 Å². The third-order valence-electron chi connectivity index (χ3n) is 16.4. The van der Waals surface area contributed by atoms with Crippen LogP contribution in [0.2, 0.25) is 0 Å². The molecule has 5 aliphatic rings. The summed E-state index contributed by atoms with van der Waals surface area (Å²) in [6, 6.07) is -4.73. The Morgan fingerprint density at radius 2 is 0.787 bits per heavy atom. The lowest BCUT2D eigenvalue weighted by molar-refractivity contribution is -0.219. The SMILES string of the molecule is CC(C)[C@H](N)C(=O)OC[C@@]1(F)O[C@@H](n2cc(CO)c(=O)[nH]c2=O)[C@H](O)[C@@H]1O.[2H]C([2H])(OC(=O)[C@@H](N)C(C)C)[C@@]1(F)O[C@@H](n2cc(CO)c(=O)[nH]c2=O)[C@H](O)[C@@H]1O.[2H]C([2H])(OC(=O)[C@@H](N)C(C)C)[C@@]1(F)O[C@@]([2H])(N2C=C(CO)C(=O)NC2=C)[C@H](O)[C@@H]1O.[2H][C@@]1(n2cc(CO)c(=O)[nH]c2=O)O[C@](F)(COC(=O)[C@@H](N)C(C)C)[C@@H](O)[C@H]1O. The predicted octanol–water partition coefficient (Wildman–Crippen LogP) is -9.55. The third-order valence-corrected chi connectivity index (χ3v) is 16.4. The maximum absolute atomic E-state index is 15.5. The van der Waals surface area contributed by atoms with Gasteiger partial charge in [0, 0.05) is 24.8 Å². The van der Waals surface area contributed by atoms with E-state index in [1.165, 1.54) is 27.7 Å². The molecule has 3 aromatic rings. The molecule has 4 fully saturated rings. The van der Waals surface area contributed by atoms with Crippen LogP contribution < -0.4 is 62.0 Å². The molecule has 0 aliphatic carbocycles. The minimum Gasteiger partial charge on any atom is -0.458 e. The highest BCUT2D eigenvalue weighted by molar-refractivity contribution is 5.95. The number of halogens is 4. The normalized spacial score (nSPS) is 32.4. The van der Waals surface area contributed by atoms with Crippen molar-refractivity contribution in [2.75, 3.05) is 32.9 Å². The molecule has 5 aliphatic heterocycles. The van der Waals surface area contributed by atoms with Gasteiger partial charge in [-0.1, -0.05) is 62.0 Å². The fraction of sp³-hybridized carbons (Fsp3) is 0.656. The van der Waals surface area contributed by atoms with Crippen molar-refractivity contribution >= 4 is 29.8 Å². The molecule has 3 aromatic heterocycles. The van der Waals surface area contributed by atoms with Crippen molar-refractivity contribution in [3.05, 3.63) is 122 Å². The summed E-state index contributed by atoms with van der Waals surface area (Å²) < 4.78 is 147. The number of amides is 1. The van der Waals surface area contributed by atoms with Gasteiger partial charge in [0.25, 0.3) is 46.0 Å². The number of aromatic amines is 3. The van der Waals surface area contributed by atoms with E-state index in [1.807, 2.05) is 4.98 Å². The lowest BCUT2D eigenvalue weighted by atomic mass is 10.1. The van der Waals surface area contributed by atoms with E-state index in [0.717, 1.165) is 18.6 Å². The first-order chi connectivity index (χ1) is 52.3. The molecule has 108 heavy (non-hydrogen) atoms. The number of aliphatic hydroxyl groups excluding tert-OH is 12. The standard InChI is InChI=1S/C16H24FN3O7.3C15H22FN3O8/c1-7(2)10(18)15(25)26-6-16(17)12(23)11(22)14(27-16)20-4-9(5-21)13(24)19-8(20)3;3*1-6(2)8(17)13(24)26-5-15(16)10(22)9(21)12(27-15)19-3-7(4-20)11(23)18-14(19)25/h4,7,10-12,14,21-23H,3,5-6,18H2,1-2H3,(H,19,24);3*3,6,8-10,12,20-22H,4-5,17H2,1-2H3,(H,18,23,25)/t10-,11+,12-,14+,16+;3*8-,9+,10-,12+,15+/m0000/s1/i6D2,14D;12D;5D2;. The number of nitrogens with two attached hydrogens (primary N) is 4. The van der Waals surface area contributed by atoms with Gasteiger partial charge in [-0.15, -0.1) is 0 Å². The van der Waals surface area contributed by atoms with Gasteiger partial charge >= 0.3 is 40.9 Å². The molecule has 0 radical (unpaired) electrons. The summed E-state index contributed by atoms with van der Waals surface area (Å²) >= 11 is 0. The van der Waals surface area contributed by atoms with E-state index in [4.69, 9.17) is 74.9 Å². The molecule has 1 amide bonds. The minimum absolute atomic E-state index is 0.245. The van der Waals surface area contributed by atoms with Gasteiger partial charge in [0.15, 0.2) is 51.2 Å². The number of hydrogen-bond donors (Lipinski definition) is 20. The van der Waals surface area contributed by atoms with Gasteiger partial charge in [0.1, 0.15) is 78.8 Å². The van der Waals surface area contributed by atoms with Crippen molar-refractivity contribution in [1.29, 1.82) is 0 Å². The number of esters is 4. The van der Waals surface area contributed by atoms with Crippen molar-refractivity contribution in [3.8, 4) is 0 Å². The molecule has 47 heteroatoms. The quantitative estimate of drug-likeness (QED) is 0.0225. The Bertz CT molecular complexity index is 4430. The summed E-state index contributed by atoms with van der Waals surface area (Å²) in [7, 11) is 0. The van der Waals surface area contributed by atoms with E-state index in [-0.39, 0.29) is 39.9 Å². The van der Waals surface area contributed by atoms with Crippen LogP contribution in [0.1, 0.15) is 99.0 Å². The second kappa shape index (κ2) is 36.9. The highest BCUT2D eigenvalue weighted by atomic mass is 19.2. The first-order valence-electron chi connectivity index (χ1n) is 35.0. The largest absolute Gasteiger partial charge is 0.458 e. The number of alkyl halides is 4. The van der Waals surface area contributed by atoms with Crippen LogP contribution in [0, 0.1) is 23.7 Å². The summed E-state index contributed by atoms with van der Waals surface area (Å²) in [5.74, 6) is -21.3. The second-order valence-corrected chi connectivity index (χ2v) is 25.7. The van der Waals surface area contributed by atoms with Crippen LogP contribution in [0.4, 0.5) is 17.6 Å². The Morgan fingerprint density at radius 1 is 0.491 bits per heavy atom. The van der Waals surface area contributed by atoms with Crippen molar-refractivity contribution in [1.82, 2.24) is 38.9 Å². The van der Waals surface area contributed by atoms with Crippen LogP contribution in [-0.2, 0) is 81.7 Å². The van der Waals surface area contributed by atoms with Crippen molar-refractivity contribution in [2.45, 2.75) is 196 Å². The Balaban J connectivity index is 0.000000272. The number of nitrogens with zero attached hydrogens (tertiary/aromatic N) is 4. The van der Waals surface area contributed by atoms with Crippen LogP contribution >= 0.6 is 0 Å². The Hall–Kier alpha value is -8.41. The summed E-state index contributed by atoms with van der Waals surface area (Å²) in [4.78, 5) is 136. The van der Waals surface area contributed by atoms with E-state index in [2.05, 4.69) is 21.4 Å². The zero-order valence-electron chi connectivity index (χ0n) is 64.4. The molecule has 608 valence electrons. The van der Waals surface area contributed by atoms with Gasteiger partial charge in [0.05, 0.1) is 56.9 Å². The van der Waals surface area contributed by atoms with Gasteiger partial charge < -0.3 is 132 Å². The van der Waals surface area contributed by atoms with Crippen LogP contribution in [-0.4, -0.2) is 260 Å². The number of carbonyl (C=O) groups is 5. The van der Waals surface area contributed by atoms with E-state index in [9.17, 15) is 103 Å². The molecular formula is C61H90F4N12O31. The molecule has 8 heterocycles. The fourth-order valence-electron chi connectivity index (χ4n) is 9.26. The lowest BCUT2D eigenvalue weighted by Crippen LogP contribution is -2.48. The molecular weight excluding hydrogens is 1470 g/mol. The molecule has 0 spiro atoms. The number of aromatic nitrogens is 6. The van der Waals surface area contributed by atoms with Crippen molar-refractivity contribution < 1.29 is 149 Å². The summed E-state index contributed by atoms with van der Waals surface area (Å²) in [6.45, 7) is 3.37. The third kappa shape index (κ3) is 20.3. The number of ether oxygens (including phenoxy) is 8. The molecule has 0 aromatic carbocycles. The molecule has 0 saturated carbocycles. The van der Waals surface area contributed by atoms with Gasteiger partial charge in [-0.3, -0.25) is 67.0 Å². The number of aliphatic hydroxyl groups is 12. The zero-order chi connectivity index (χ0) is 87.5. The smallest absolute Gasteiger partial charge is 0.330 e. The fourth-order valence-corrected chi connectivity index (χ4v) is 9.26. The predicted molar refractivity (Wildman–Crippen MR) is 350 cm³/mol. The van der Waals surface area contributed by atoms with Gasteiger partial charge in [-0.05, 0) is 23.7 Å². The maximum Gasteiger partial charge on any atom is 0.330 e. The van der Waals surface area contributed by atoms with Crippen molar-refractivity contribution in [2.24, 2.45) is 46.6 Å². The maximum atomic E-state index is 15.5. The molecule has 0 unspecified atom stereocenters. The summed E-state index contributed by atoms with van der Waals surface area (Å²) in [6.07, 6.45) is -25.2. The molecule has 8 rings (SSSR count). The summed E-state index contributed by atoms with van der Waals surface area (Å²) in [5, 5.41) is 120. The van der Waals surface area contributed by atoms with Gasteiger partial charge in [0.2, 0.25) is 0 Å². The van der Waals surface area contributed by atoms with Crippen molar-refractivity contribution in [3.63, 3.8) is 0 Å². The molecule has 24 N–H and O–H groups in total. The highest BCUT2D eigenvalue weighted by Gasteiger charge is 2.61. The monoisotopic (exact) mass is 1570 g/mol. The first-order valence-corrected chi connectivity index (χ1v) is 32.0. The summed E-state index contributed by atoms with van der Waals surface area (Å²) in [5.41, 5.74) is 14.7. The number of rotatable bonds is 24.